The molecule has 4 nitrogen and oxygen atoms in total. The molecule has 2 atom stereocenters. The lowest BCUT2D eigenvalue weighted by Crippen LogP contribution is -2.33. The van der Waals surface area contributed by atoms with Crippen LogP contribution in [0.4, 0.5) is 4.39 Å². The zero-order chi connectivity index (χ0) is 13.1. The van der Waals surface area contributed by atoms with Crippen molar-refractivity contribution in [3.8, 4) is 0 Å². The van der Waals surface area contributed by atoms with Crippen LogP contribution in [0.15, 0.2) is 24.3 Å². The van der Waals surface area contributed by atoms with Crippen LogP contribution in [0.3, 0.4) is 0 Å². The monoisotopic (exact) mass is 252 g/mol. The SMILES string of the molecule is COCCN1C(=O)C(C)NC1c1ccc(F)cc1. The minimum atomic E-state index is -0.278. The molecule has 1 saturated heterocycles. The number of halogens is 1. The Bertz CT molecular complexity index is 422. The summed E-state index contributed by atoms with van der Waals surface area (Å²) in [6.45, 7) is 2.83. The van der Waals surface area contributed by atoms with Crippen LogP contribution >= 0.6 is 0 Å². The van der Waals surface area contributed by atoms with Gasteiger partial charge in [0.15, 0.2) is 0 Å². The minimum Gasteiger partial charge on any atom is -0.383 e. The highest BCUT2D eigenvalue weighted by molar-refractivity contribution is 5.84. The van der Waals surface area contributed by atoms with E-state index in [1.165, 1.54) is 12.1 Å². The second-order valence-corrected chi connectivity index (χ2v) is 4.37. The largest absolute Gasteiger partial charge is 0.383 e. The van der Waals surface area contributed by atoms with Crippen molar-refractivity contribution in [2.45, 2.75) is 19.1 Å². The lowest BCUT2D eigenvalue weighted by molar-refractivity contribution is -0.130. The number of nitrogens with zero attached hydrogens (tertiary/aromatic N) is 1. The maximum Gasteiger partial charge on any atom is 0.241 e. The van der Waals surface area contributed by atoms with Gasteiger partial charge in [-0.15, -0.1) is 0 Å². The Hall–Kier alpha value is -1.46. The number of nitrogens with one attached hydrogen (secondary N) is 1. The summed E-state index contributed by atoms with van der Waals surface area (Å²) in [5, 5.41) is 3.20. The molecule has 2 rings (SSSR count). The number of methoxy groups -OCH3 is 1. The molecule has 98 valence electrons. The molecule has 1 aromatic carbocycles. The lowest BCUT2D eigenvalue weighted by Gasteiger charge is -2.24. The van der Waals surface area contributed by atoms with Gasteiger partial charge >= 0.3 is 0 Å². The Morgan fingerprint density at radius 2 is 2.06 bits per heavy atom. The summed E-state index contributed by atoms with van der Waals surface area (Å²) in [5.41, 5.74) is 0.880. The number of carbonyl (C=O) groups is 1. The second kappa shape index (κ2) is 5.46. The number of ether oxygens (including phenoxy) is 1. The summed E-state index contributed by atoms with van der Waals surface area (Å²) < 4.78 is 17.9. The van der Waals surface area contributed by atoms with Crippen molar-refractivity contribution in [2.75, 3.05) is 20.3 Å². The van der Waals surface area contributed by atoms with Gasteiger partial charge in [0.05, 0.1) is 12.6 Å². The smallest absolute Gasteiger partial charge is 0.241 e. The molecule has 0 radical (unpaired) electrons. The Balaban J connectivity index is 2.19. The predicted molar refractivity (Wildman–Crippen MR) is 65.3 cm³/mol. The van der Waals surface area contributed by atoms with E-state index < -0.39 is 0 Å². The van der Waals surface area contributed by atoms with Crippen molar-refractivity contribution in [1.82, 2.24) is 10.2 Å². The van der Waals surface area contributed by atoms with Gasteiger partial charge in [0.2, 0.25) is 5.91 Å². The van der Waals surface area contributed by atoms with Crippen LogP contribution in [-0.2, 0) is 9.53 Å². The van der Waals surface area contributed by atoms with Crippen LogP contribution in [0, 0.1) is 5.82 Å². The topological polar surface area (TPSA) is 41.6 Å². The first-order chi connectivity index (χ1) is 8.63. The van der Waals surface area contributed by atoms with Gasteiger partial charge in [0, 0.05) is 13.7 Å². The van der Waals surface area contributed by atoms with E-state index in [1.54, 1.807) is 24.1 Å². The predicted octanol–water partition coefficient (Wildman–Crippen LogP) is 1.29. The zero-order valence-electron chi connectivity index (χ0n) is 10.5. The molecule has 5 heteroatoms. The van der Waals surface area contributed by atoms with Gasteiger partial charge in [-0.25, -0.2) is 4.39 Å². The molecular formula is C13H17FN2O2. The summed E-state index contributed by atoms with van der Waals surface area (Å²) in [7, 11) is 1.60. The number of benzene rings is 1. The molecule has 1 N–H and O–H groups in total. The van der Waals surface area contributed by atoms with Crippen LogP contribution in [0.2, 0.25) is 0 Å². The fraction of sp³-hybridized carbons (Fsp3) is 0.462. The molecule has 0 aliphatic carbocycles. The van der Waals surface area contributed by atoms with Crippen LogP contribution in [0.1, 0.15) is 18.7 Å². The molecular weight excluding hydrogens is 235 g/mol. The molecule has 1 fully saturated rings. The van der Waals surface area contributed by atoms with Crippen molar-refractivity contribution >= 4 is 5.91 Å². The first-order valence-corrected chi connectivity index (χ1v) is 5.94. The Morgan fingerprint density at radius 3 is 2.67 bits per heavy atom. The molecule has 0 bridgehead atoms. The zero-order valence-corrected chi connectivity index (χ0v) is 10.5. The molecule has 18 heavy (non-hydrogen) atoms. The maximum atomic E-state index is 12.9. The van der Waals surface area contributed by atoms with E-state index >= 15 is 0 Å². The van der Waals surface area contributed by atoms with Gasteiger partial charge in [-0.05, 0) is 24.6 Å². The standard InChI is InChI=1S/C13H17FN2O2/c1-9-13(17)16(7-8-18-2)12(15-9)10-3-5-11(14)6-4-10/h3-6,9,12,15H,7-8H2,1-2H3. The molecule has 1 aliphatic rings. The molecule has 0 aromatic heterocycles. The van der Waals surface area contributed by atoms with Gasteiger partial charge in [-0.1, -0.05) is 12.1 Å². The average molecular weight is 252 g/mol. The number of hydrogen-bond acceptors (Lipinski definition) is 3. The Labute approximate surface area is 106 Å². The molecule has 0 saturated carbocycles. The summed E-state index contributed by atoms with van der Waals surface area (Å²) in [6.07, 6.45) is -0.205. The second-order valence-electron chi connectivity index (χ2n) is 4.37. The van der Waals surface area contributed by atoms with Crippen molar-refractivity contribution in [2.24, 2.45) is 0 Å². The number of hydrogen-bond donors (Lipinski definition) is 1. The Morgan fingerprint density at radius 1 is 1.39 bits per heavy atom. The fourth-order valence-corrected chi connectivity index (χ4v) is 2.12. The van der Waals surface area contributed by atoms with Crippen molar-refractivity contribution in [1.29, 1.82) is 0 Å². The molecule has 2 unspecified atom stereocenters. The molecule has 1 heterocycles. The Kier molecular flexibility index (Phi) is 3.93. The van der Waals surface area contributed by atoms with Crippen LogP contribution in [0.5, 0.6) is 0 Å². The highest BCUT2D eigenvalue weighted by atomic mass is 19.1. The third-order valence-electron chi connectivity index (χ3n) is 3.10. The maximum absolute atomic E-state index is 12.9. The van der Waals surface area contributed by atoms with E-state index in [0.29, 0.717) is 13.2 Å². The number of carbonyl (C=O) groups excluding carboxylic acids is 1. The van der Waals surface area contributed by atoms with Gasteiger partial charge < -0.3 is 9.64 Å². The molecule has 0 spiro atoms. The average Bonchev–Trinajstić information content (AvgIpc) is 2.64. The van der Waals surface area contributed by atoms with Gasteiger partial charge in [-0.2, -0.15) is 0 Å². The highest BCUT2D eigenvalue weighted by Gasteiger charge is 2.36. The summed E-state index contributed by atoms with van der Waals surface area (Å²) in [6, 6.07) is 5.96. The van der Waals surface area contributed by atoms with E-state index in [9.17, 15) is 9.18 Å². The van der Waals surface area contributed by atoms with E-state index in [-0.39, 0.29) is 23.9 Å². The number of rotatable bonds is 4. The quantitative estimate of drug-likeness (QED) is 0.878. The van der Waals surface area contributed by atoms with Gasteiger partial charge in [-0.3, -0.25) is 10.1 Å². The van der Waals surface area contributed by atoms with Gasteiger partial charge in [0.1, 0.15) is 12.0 Å². The summed E-state index contributed by atoms with van der Waals surface area (Å²) in [4.78, 5) is 13.7. The van der Waals surface area contributed by atoms with E-state index in [0.717, 1.165) is 5.56 Å². The molecule has 1 aliphatic heterocycles. The normalized spacial score (nSPS) is 23.7. The van der Waals surface area contributed by atoms with Crippen LogP contribution in [-0.4, -0.2) is 37.1 Å². The first kappa shape index (κ1) is 13.0. The number of amides is 1. The van der Waals surface area contributed by atoms with Crippen molar-refractivity contribution < 1.29 is 13.9 Å². The van der Waals surface area contributed by atoms with E-state index in [1.807, 2.05) is 6.92 Å². The fourth-order valence-electron chi connectivity index (χ4n) is 2.12. The summed E-state index contributed by atoms with van der Waals surface area (Å²) >= 11 is 0. The van der Waals surface area contributed by atoms with E-state index in [2.05, 4.69) is 5.32 Å². The highest BCUT2D eigenvalue weighted by Crippen LogP contribution is 2.25. The molecule has 1 aromatic rings. The third-order valence-corrected chi connectivity index (χ3v) is 3.10. The van der Waals surface area contributed by atoms with Gasteiger partial charge in [0.25, 0.3) is 0 Å². The first-order valence-electron chi connectivity index (χ1n) is 5.94. The summed E-state index contributed by atoms with van der Waals surface area (Å²) in [5.74, 6) is -0.235. The lowest BCUT2D eigenvalue weighted by atomic mass is 10.1. The van der Waals surface area contributed by atoms with Crippen molar-refractivity contribution in [3.05, 3.63) is 35.6 Å². The van der Waals surface area contributed by atoms with E-state index in [4.69, 9.17) is 4.74 Å². The van der Waals surface area contributed by atoms with Crippen molar-refractivity contribution in [3.63, 3.8) is 0 Å². The van der Waals surface area contributed by atoms with Crippen LogP contribution in [0.25, 0.3) is 0 Å². The molecule has 1 amide bonds. The minimum absolute atomic E-state index is 0.0429. The third kappa shape index (κ3) is 2.52. The van der Waals surface area contributed by atoms with Crippen LogP contribution < -0.4 is 5.32 Å².